The van der Waals surface area contributed by atoms with E-state index in [4.69, 9.17) is 0 Å². The quantitative estimate of drug-likeness (QED) is 0.175. The van der Waals surface area contributed by atoms with Gasteiger partial charge in [0.2, 0.25) is 0 Å². The Hall–Kier alpha value is -5.03. The molecule has 6 rings (SSSR count). The smallest absolute Gasteiger partial charge is 0.406 e. The zero-order valence-electron chi connectivity index (χ0n) is 21.7. The van der Waals surface area contributed by atoms with Crippen LogP contribution in [0, 0.1) is 28.5 Å². The maximum atomic E-state index is 15.0. The van der Waals surface area contributed by atoms with Gasteiger partial charge in [-0.25, -0.2) is 4.39 Å². The van der Waals surface area contributed by atoms with Crippen LogP contribution in [-0.4, -0.2) is 12.7 Å². The van der Waals surface area contributed by atoms with Crippen molar-refractivity contribution in [2.45, 2.75) is 36.4 Å². The molecule has 0 aromatic heterocycles. The van der Waals surface area contributed by atoms with E-state index in [-0.39, 0.29) is 5.57 Å². The zero-order chi connectivity index (χ0) is 30.7. The zero-order valence-corrected chi connectivity index (χ0v) is 21.7. The first-order chi connectivity index (χ1) is 20.4. The van der Waals surface area contributed by atoms with E-state index in [0.29, 0.717) is 27.5 Å². The SMILES string of the molecule is N#CC(C#N)=C1C(c2ccc(OC(F)(F)F)cc2)C2c3cccc4c(F)ccc(c34)C2C1c1ccc(OC(F)(F)F)cc1. The van der Waals surface area contributed by atoms with Crippen LogP contribution in [0.3, 0.4) is 0 Å². The first-order valence-corrected chi connectivity index (χ1v) is 12.9. The van der Waals surface area contributed by atoms with Gasteiger partial charge in [-0.3, -0.25) is 0 Å². The number of nitrogens with zero attached hydrogens (tertiary/aromatic N) is 2. The van der Waals surface area contributed by atoms with Crippen LogP contribution in [0.1, 0.15) is 45.9 Å². The molecular weight excluding hydrogens is 577 g/mol. The fourth-order valence-electron chi connectivity index (χ4n) is 6.72. The summed E-state index contributed by atoms with van der Waals surface area (Å²) in [5.41, 5.74) is 2.54. The summed E-state index contributed by atoms with van der Waals surface area (Å²) in [6, 6.07) is 22.1. The van der Waals surface area contributed by atoms with Crippen LogP contribution in [0.2, 0.25) is 0 Å². The number of hydrogen-bond acceptors (Lipinski definition) is 4. The Bertz CT molecular complexity index is 1750. The predicted molar refractivity (Wildman–Crippen MR) is 139 cm³/mol. The van der Waals surface area contributed by atoms with Gasteiger partial charge in [-0.1, -0.05) is 48.5 Å². The van der Waals surface area contributed by atoms with E-state index in [1.54, 1.807) is 18.2 Å². The highest BCUT2D eigenvalue weighted by Gasteiger charge is 2.54. The van der Waals surface area contributed by atoms with Gasteiger partial charge >= 0.3 is 12.7 Å². The summed E-state index contributed by atoms with van der Waals surface area (Å²) in [7, 11) is 0. The van der Waals surface area contributed by atoms with Gasteiger partial charge in [0.15, 0.2) is 0 Å². The number of benzene rings is 4. The molecule has 0 bridgehead atoms. The van der Waals surface area contributed by atoms with E-state index < -0.39 is 53.7 Å². The maximum absolute atomic E-state index is 15.0. The lowest BCUT2D eigenvalue weighted by molar-refractivity contribution is -0.275. The summed E-state index contributed by atoms with van der Waals surface area (Å²) in [6.45, 7) is 0. The van der Waals surface area contributed by atoms with Crippen molar-refractivity contribution in [3.8, 4) is 23.6 Å². The maximum Gasteiger partial charge on any atom is 0.573 e. The summed E-state index contributed by atoms with van der Waals surface area (Å²) in [5, 5.41) is 21.1. The topological polar surface area (TPSA) is 66.0 Å². The Kier molecular flexibility index (Phi) is 6.57. The van der Waals surface area contributed by atoms with Crippen molar-refractivity contribution >= 4 is 10.8 Å². The molecule has 0 N–H and O–H groups in total. The third-order valence-corrected chi connectivity index (χ3v) is 8.00. The van der Waals surface area contributed by atoms with E-state index in [1.807, 2.05) is 18.2 Å². The van der Waals surface area contributed by atoms with Crippen LogP contribution in [0.4, 0.5) is 30.7 Å². The molecule has 4 nitrogen and oxygen atoms in total. The molecule has 2 aliphatic rings. The molecule has 4 aromatic rings. The molecule has 1 fully saturated rings. The Balaban J connectivity index is 1.58. The molecule has 11 heteroatoms. The van der Waals surface area contributed by atoms with Gasteiger partial charge in [-0.05, 0) is 63.5 Å². The van der Waals surface area contributed by atoms with E-state index in [9.17, 15) is 41.3 Å². The Morgan fingerprint density at radius 3 is 1.53 bits per heavy atom. The molecule has 0 radical (unpaired) electrons. The standard InChI is InChI=1S/C32H17F7N2O2/c33-24-13-12-23-28-21(24)2-1-3-22(28)29-25(16-4-8-19(9-5-16)42-31(34,35)36)27(18(14-40)15-41)26(30(23)29)17-6-10-20(11-7-17)43-32(37,38)39/h1-13,25-26,29-30H. The summed E-state index contributed by atoms with van der Waals surface area (Å²) in [4.78, 5) is 0. The number of alkyl halides is 6. The molecule has 2 aliphatic carbocycles. The van der Waals surface area contributed by atoms with Gasteiger partial charge in [0.25, 0.3) is 0 Å². The predicted octanol–water partition coefficient (Wildman–Crippen LogP) is 8.88. The second-order valence-corrected chi connectivity index (χ2v) is 10.2. The van der Waals surface area contributed by atoms with Crippen LogP contribution in [-0.2, 0) is 0 Å². The fraction of sp³-hybridized carbons (Fsp3) is 0.188. The van der Waals surface area contributed by atoms with Crippen molar-refractivity contribution in [2.24, 2.45) is 0 Å². The first-order valence-electron chi connectivity index (χ1n) is 12.9. The lowest BCUT2D eigenvalue weighted by Crippen LogP contribution is -2.17. The second kappa shape index (κ2) is 10.1. The van der Waals surface area contributed by atoms with Crippen LogP contribution in [0.5, 0.6) is 11.5 Å². The lowest BCUT2D eigenvalue weighted by atomic mass is 9.80. The molecule has 0 saturated heterocycles. The Labute approximate surface area is 239 Å². The van der Waals surface area contributed by atoms with Crippen molar-refractivity contribution in [3.05, 3.63) is 118 Å². The Morgan fingerprint density at radius 2 is 1.09 bits per heavy atom. The van der Waals surface area contributed by atoms with Gasteiger partial charge < -0.3 is 9.47 Å². The number of fused-ring (bicyclic) bond motifs is 3. The average molecular weight is 594 g/mol. The molecule has 216 valence electrons. The van der Waals surface area contributed by atoms with Crippen LogP contribution < -0.4 is 9.47 Å². The first kappa shape index (κ1) is 28.1. The van der Waals surface area contributed by atoms with Crippen LogP contribution in [0.15, 0.2) is 90.0 Å². The summed E-state index contributed by atoms with van der Waals surface area (Å²) in [6.07, 6.45) is -9.83. The molecule has 4 unspecified atom stereocenters. The Morgan fingerprint density at radius 1 is 0.628 bits per heavy atom. The van der Waals surface area contributed by atoms with Crippen molar-refractivity contribution in [1.29, 1.82) is 10.5 Å². The van der Waals surface area contributed by atoms with Crippen molar-refractivity contribution in [1.82, 2.24) is 0 Å². The molecular formula is C32H17F7N2O2. The summed E-state index contributed by atoms with van der Waals surface area (Å²) in [5.74, 6) is -3.81. The number of nitriles is 2. The van der Waals surface area contributed by atoms with Gasteiger partial charge in [0, 0.05) is 29.1 Å². The summed E-state index contributed by atoms with van der Waals surface area (Å²) >= 11 is 0. The van der Waals surface area contributed by atoms with Gasteiger partial charge in [0.05, 0.1) is 0 Å². The normalized spacial score (nSPS) is 20.8. The van der Waals surface area contributed by atoms with Crippen molar-refractivity contribution in [3.63, 3.8) is 0 Å². The van der Waals surface area contributed by atoms with E-state index in [2.05, 4.69) is 9.47 Å². The van der Waals surface area contributed by atoms with Gasteiger partial charge in [0.1, 0.15) is 35.0 Å². The number of rotatable bonds is 4. The third kappa shape index (κ3) is 4.91. The van der Waals surface area contributed by atoms with Crippen molar-refractivity contribution in [2.75, 3.05) is 0 Å². The van der Waals surface area contributed by atoms with Crippen molar-refractivity contribution < 1.29 is 40.2 Å². The molecule has 4 aromatic carbocycles. The number of halogens is 7. The molecule has 0 spiro atoms. The summed E-state index contributed by atoms with van der Waals surface area (Å²) < 4.78 is 100. The number of ether oxygens (including phenoxy) is 2. The lowest BCUT2D eigenvalue weighted by Gasteiger charge is -2.23. The second-order valence-electron chi connectivity index (χ2n) is 10.2. The molecule has 1 saturated carbocycles. The van der Waals surface area contributed by atoms with Crippen LogP contribution >= 0.6 is 0 Å². The molecule has 0 heterocycles. The molecule has 43 heavy (non-hydrogen) atoms. The number of hydrogen-bond donors (Lipinski definition) is 0. The van der Waals surface area contributed by atoms with Gasteiger partial charge in [-0.2, -0.15) is 10.5 Å². The minimum absolute atomic E-state index is 0.230. The number of allylic oxidation sites excluding steroid dienone is 2. The van der Waals surface area contributed by atoms with Gasteiger partial charge in [-0.15, -0.1) is 26.3 Å². The minimum Gasteiger partial charge on any atom is -0.406 e. The highest BCUT2D eigenvalue weighted by Crippen LogP contribution is 2.68. The van der Waals surface area contributed by atoms with E-state index in [0.717, 1.165) is 35.4 Å². The molecule has 0 aliphatic heterocycles. The van der Waals surface area contributed by atoms with E-state index in [1.165, 1.54) is 30.3 Å². The third-order valence-electron chi connectivity index (χ3n) is 8.00. The monoisotopic (exact) mass is 594 g/mol. The molecule has 0 amide bonds. The largest absolute Gasteiger partial charge is 0.573 e. The molecule has 4 atom stereocenters. The highest BCUT2D eigenvalue weighted by molar-refractivity contribution is 5.94. The minimum atomic E-state index is -4.92. The highest BCUT2D eigenvalue weighted by atomic mass is 19.4. The van der Waals surface area contributed by atoms with Crippen LogP contribution in [0.25, 0.3) is 10.8 Å². The fourth-order valence-corrected chi connectivity index (χ4v) is 6.72. The average Bonchev–Trinajstić information content (AvgIpc) is 3.45. The van der Waals surface area contributed by atoms with E-state index >= 15 is 0 Å².